The number of anilines is 1. The Morgan fingerprint density at radius 3 is 3.08 bits per heavy atom. The number of rotatable bonds is 5. The molecule has 4 heterocycles. The van der Waals surface area contributed by atoms with E-state index in [9.17, 15) is 5.11 Å². The second kappa shape index (κ2) is 6.10. The maximum Gasteiger partial charge on any atom is 0.238 e. The molecule has 0 saturated heterocycles. The number of imidazole rings is 1. The first-order valence-electron chi connectivity index (χ1n) is 8.58. The smallest absolute Gasteiger partial charge is 0.238 e. The Morgan fingerprint density at radius 2 is 2.27 bits per heavy atom. The number of aromatic amines is 1. The maximum absolute atomic E-state index is 10.1. The van der Waals surface area contributed by atoms with Crippen LogP contribution in [0, 0.1) is 5.92 Å². The third kappa shape index (κ3) is 2.90. The highest BCUT2D eigenvalue weighted by atomic mass is 32.1. The predicted octanol–water partition coefficient (Wildman–Crippen LogP) is 4.32. The Morgan fingerprint density at radius 1 is 1.35 bits per heavy atom. The average Bonchev–Trinajstić information content (AvgIpc) is 3.04. The van der Waals surface area contributed by atoms with Crippen molar-refractivity contribution < 1.29 is 5.11 Å². The Hall–Kier alpha value is -2.93. The van der Waals surface area contributed by atoms with E-state index < -0.39 is 0 Å². The molecule has 3 aromatic heterocycles. The van der Waals surface area contributed by atoms with Gasteiger partial charge in [-0.3, -0.25) is 0 Å². The zero-order valence-corrected chi connectivity index (χ0v) is 14.8. The minimum Gasteiger partial charge on any atom is -0.492 e. The van der Waals surface area contributed by atoms with Crippen LogP contribution in [-0.4, -0.2) is 32.8 Å². The quantitative estimate of drug-likeness (QED) is 0.630. The highest BCUT2D eigenvalue weighted by Gasteiger charge is 2.21. The Kier molecular flexibility index (Phi) is 3.60. The number of pyridine rings is 1. The number of thiophene rings is 1. The van der Waals surface area contributed by atoms with Crippen LogP contribution < -0.4 is 5.32 Å². The van der Waals surface area contributed by atoms with Crippen molar-refractivity contribution in [3.8, 4) is 17.0 Å². The lowest BCUT2D eigenvalue weighted by atomic mass is 10.0. The molecule has 0 radical (unpaired) electrons. The van der Waals surface area contributed by atoms with Gasteiger partial charge >= 0.3 is 0 Å². The van der Waals surface area contributed by atoms with Crippen LogP contribution in [-0.2, 0) is 0 Å². The highest BCUT2D eigenvalue weighted by Crippen LogP contribution is 2.35. The molecule has 5 rings (SSSR count). The number of nitrogens with one attached hydrogen (secondary N) is 2. The fourth-order valence-electron chi connectivity index (χ4n) is 2.96. The summed E-state index contributed by atoms with van der Waals surface area (Å²) in [5.74, 6) is 2.02. The third-order valence-electron chi connectivity index (χ3n) is 4.62. The summed E-state index contributed by atoms with van der Waals surface area (Å²) in [6, 6.07) is 4.16. The third-order valence-corrected chi connectivity index (χ3v) is 5.31. The van der Waals surface area contributed by atoms with Crippen LogP contribution in [0.2, 0.25) is 0 Å². The SMILES string of the molecule is Oc1nc(NCC2CC2)[nH]c1C=C1C=Nc2ncc(-c3ccsc3)cc21. The van der Waals surface area contributed by atoms with Crippen molar-refractivity contribution in [1.82, 2.24) is 15.0 Å². The summed E-state index contributed by atoms with van der Waals surface area (Å²) < 4.78 is 0. The molecule has 26 heavy (non-hydrogen) atoms. The molecule has 1 aliphatic heterocycles. The van der Waals surface area contributed by atoms with E-state index in [1.807, 2.05) is 12.3 Å². The Bertz CT molecular complexity index is 1010. The zero-order valence-electron chi connectivity index (χ0n) is 13.9. The van der Waals surface area contributed by atoms with E-state index in [1.165, 1.54) is 12.8 Å². The minimum atomic E-state index is -0.0143. The largest absolute Gasteiger partial charge is 0.492 e. The van der Waals surface area contributed by atoms with Gasteiger partial charge < -0.3 is 15.4 Å². The fraction of sp³-hybridized carbons (Fsp3) is 0.211. The molecule has 0 bridgehead atoms. The fourth-order valence-corrected chi connectivity index (χ4v) is 3.62. The van der Waals surface area contributed by atoms with E-state index in [0.29, 0.717) is 17.5 Å². The monoisotopic (exact) mass is 363 g/mol. The van der Waals surface area contributed by atoms with Crippen molar-refractivity contribution in [1.29, 1.82) is 0 Å². The number of allylic oxidation sites excluding steroid dienone is 1. The molecule has 0 spiro atoms. The van der Waals surface area contributed by atoms with E-state index in [1.54, 1.807) is 17.6 Å². The van der Waals surface area contributed by atoms with Crippen molar-refractivity contribution in [2.75, 3.05) is 11.9 Å². The summed E-state index contributed by atoms with van der Waals surface area (Å²) in [4.78, 5) is 16.1. The number of aliphatic imine (C=N–C) groups is 1. The van der Waals surface area contributed by atoms with Crippen LogP contribution in [0.1, 0.15) is 24.1 Å². The lowest BCUT2D eigenvalue weighted by Crippen LogP contribution is -2.04. The second-order valence-corrected chi connectivity index (χ2v) is 7.39. The van der Waals surface area contributed by atoms with Gasteiger partial charge in [0.15, 0.2) is 5.82 Å². The van der Waals surface area contributed by atoms with E-state index >= 15 is 0 Å². The maximum atomic E-state index is 10.1. The van der Waals surface area contributed by atoms with Gasteiger partial charge in [-0.25, -0.2) is 9.98 Å². The first-order valence-corrected chi connectivity index (χ1v) is 9.52. The molecular weight excluding hydrogens is 346 g/mol. The number of nitrogens with zero attached hydrogens (tertiary/aromatic N) is 3. The molecule has 6 nitrogen and oxygen atoms in total. The average molecular weight is 363 g/mol. The topological polar surface area (TPSA) is 86.2 Å². The van der Waals surface area contributed by atoms with Crippen LogP contribution in [0.3, 0.4) is 0 Å². The highest BCUT2D eigenvalue weighted by molar-refractivity contribution is 7.08. The Balaban J connectivity index is 1.45. The normalized spacial score (nSPS) is 17.0. The molecule has 7 heteroatoms. The second-order valence-electron chi connectivity index (χ2n) is 6.61. The van der Waals surface area contributed by atoms with Crippen LogP contribution in [0.4, 0.5) is 11.8 Å². The molecule has 2 aliphatic rings. The summed E-state index contributed by atoms with van der Waals surface area (Å²) >= 11 is 1.66. The number of hydrogen-bond acceptors (Lipinski definition) is 6. The standard InChI is InChI=1S/C19H17N5OS/c25-18-16(23-19(24-18)22-7-11-1-2-11)6-14-9-21-17-15(14)5-13(8-20-17)12-3-4-26-10-12/h3-6,8-11,25H,1-2,7H2,(H2,22,23,24). The predicted molar refractivity (Wildman–Crippen MR) is 105 cm³/mol. The minimum absolute atomic E-state index is 0.0143. The molecule has 3 aromatic rings. The van der Waals surface area contributed by atoms with Crippen molar-refractivity contribution >= 4 is 41.0 Å². The van der Waals surface area contributed by atoms with E-state index in [2.05, 4.69) is 48.2 Å². The number of aromatic hydroxyl groups is 1. The zero-order chi connectivity index (χ0) is 17.5. The van der Waals surface area contributed by atoms with Crippen LogP contribution >= 0.6 is 11.3 Å². The van der Waals surface area contributed by atoms with Gasteiger partial charge in [0, 0.05) is 35.7 Å². The lowest BCUT2D eigenvalue weighted by molar-refractivity contribution is 0.455. The van der Waals surface area contributed by atoms with Gasteiger partial charge in [-0.05, 0) is 53.3 Å². The lowest BCUT2D eigenvalue weighted by Gasteiger charge is -2.03. The summed E-state index contributed by atoms with van der Waals surface area (Å²) in [7, 11) is 0. The van der Waals surface area contributed by atoms with Gasteiger partial charge in [-0.1, -0.05) is 0 Å². The van der Waals surface area contributed by atoms with Gasteiger partial charge in [0.05, 0.1) is 0 Å². The number of fused-ring (bicyclic) bond motifs is 1. The van der Waals surface area contributed by atoms with E-state index in [-0.39, 0.29) is 5.88 Å². The molecule has 0 aromatic carbocycles. The number of H-pyrrole nitrogens is 1. The van der Waals surface area contributed by atoms with Crippen LogP contribution in [0.5, 0.6) is 5.88 Å². The van der Waals surface area contributed by atoms with Crippen LogP contribution in [0.25, 0.3) is 22.8 Å². The molecule has 1 aliphatic carbocycles. The van der Waals surface area contributed by atoms with Gasteiger partial charge in [0.25, 0.3) is 0 Å². The summed E-state index contributed by atoms with van der Waals surface area (Å²) in [6.07, 6.45) is 8.01. The summed E-state index contributed by atoms with van der Waals surface area (Å²) in [6.45, 7) is 0.890. The van der Waals surface area contributed by atoms with Crippen molar-refractivity contribution in [2.24, 2.45) is 10.9 Å². The summed E-state index contributed by atoms with van der Waals surface area (Å²) in [5.41, 5.74) is 4.63. The Labute approximate surface area is 154 Å². The number of aromatic nitrogens is 3. The molecule has 130 valence electrons. The molecule has 1 saturated carbocycles. The first-order chi connectivity index (χ1) is 12.8. The van der Waals surface area contributed by atoms with Gasteiger partial charge in [0.2, 0.25) is 11.8 Å². The van der Waals surface area contributed by atoms with Crippen molar-refractivity contribution in [3.63, 3.8) is 0 Å². The van der Waals surface area contributed by atoms with Gasteiger partial charge in [0.1, 0.15) is 5.69 Å². The number of hydrogen-bond donors (Lipinski definition) is 3. The molecule has 0 unspecified atom stereocenters. The van der Waals surface area contributed by atoms with Gasteiger partial charge in [-0.15, -0.1) is 0 Å². The van der Waals surface area contributed by atoms with Crippen molar-refractivity contribution in [3.05, 3.63) is 40.3 Å². The van der Waals surface area contributed by atoms with Gasteiger partial charge in [-0.2, -0.15) is 16.3 Å². The molecule has 3 N–H and O–H groups in total. The van der Waals surface area contributed by atoms with E-state index in [4.69, 9.17) is 0 Å². The first kappa shape index (κ1) is 15.3. The molecular formula is C19H17N5OS. The summed E-state index contributed by atoms with van der Waals surface area (Å²) in [5, 5.41) is 17.5. The molecule has 1 fully saturated rings. The molecule has 0 atom stereocenters. The van der Waals surface area contributed by atoms with Crippen molar-refractivity contribution in [2.45, 2.75) is 12.8 Å². The molecule has 0 amide bonds. The van der Waals surface area contributed by atoms with Crippen LogP contribution in [0.15, 0.2) is 34.1 Å². The van der Waals surface area contributed by atoms with E-state index in [0.717, 1.165) is 34.7 Å².